The number of aromatic amines is 1. The standard InChI is InChI=1S/C12H20N4O2/c1-8-3-4-9(5-13)6-16(8)11-10(18-2)12(17)15-7-14-11/h7-9H,3-6,13H2,1-2H3,(H,14,15,17). The Morgan fingerprint density at radius 3 is 3.06 bits per heavy atom. The fourth-order valence-corrected chi connectivity index (χ4v) is 2.44. The van der Waals surface area contributed by atoms with E-state index in [1.54, 1.807) is 0 Å². The number of anilines is 1. The Balaban J connectivity index is 2.34. The lowest BCUT2D eigenvalue weighted by Crippen LogP contribution is -2.45. The number of hydrogen-bond acceptors (Lipinski definition) is 5. The smallest absolute Gasteiger partial charge is 0.295 e. The number of nitrogens with zero attached hydrogens (tertiary/aromatic N) is 2. The summed E-state index contributed by atoms with van der Waals surface area (Å²) in [6.45, 7) is 3.62. The van der Waals surface area contributed by atoms with Gasteiger partial charge in [-0.3, -0.25) is 4.79 Å². The normalized spacial score (nSPS) is 24.1. The number of ether oxygens (including phenoxy) is 1. The third-order valence-electron chi connectivity index (χ3n) is 3.58. The molecule has 0 aromatic carbocycles. The van der Waals surface area contributed by atoms with Crippen molar-refractivity contribution in [1.29, 1.82) is 0 Å². The fourth-order valence-electron chi connectivity index (χ4n) is 2.44. The van der Waals surface area contributed by atoms with Gasteiger partial charge in [0.25, 0.3) is 5.56 Å². The number of H-pyrrole nitrogens is 1. The average molecular weight is 252 g/mol. The Hall–Kier alpha value is -1.56. The molecule has 3 N–H and O–H groups in total. The van der Waals surface area contributed by atoms with Crippen molar-refractivity contribution in [2.24, 2.45) is 11.7 Å². The molecule has 2 atom stereocenters. The van der Waals surface area contributed by atoms with E-state index in [4.69, 9.17) is 10.5 Å². The van der Waals surface area contributed by atoms with Crippen molar-refractivity contribution >= 4 is 5.82 Å². The molecular formula is C12H20N4O2. The van der Waals surface area contributed by atoms with Crippen LogP contribution in [0.15, 0.2) is 11.1 Å². The maximum atomic E-state index is 11.7. The summed E-state index contributed by atoms with van der Waals surface area (Å²) >= 11 is 0. The second kappa shape index (κ2) is 5.39. The number of aromatic nitrogens is 2. The Morgan fingerprint density at radius 1 is 1.61 bits per heavy atom. The number of rotatable bonds is 3. The van der Waals surface area contributed by atoms with Crippen molar-refractivity contribution in [2.75, 3.05) is 25.1 Å². The summed E-state index contributed by atoms with van der Waals surface area (Å²) in [5.74, 6) is 1.35. The molecule has 2 heterocycles. The first-order valence-corrected chi connectivity index (χ1v) is 6.25. The zero-order valence-electron chi connectivity index (χ0n) is 10.8. The summed E-state index contributed by atoms with van der Waals surface area (Å²) < 4.78 is 5.17. The summed E-state index contributed by atoms with van der Waals surface area (Å²) in [5, 5.41) is 0. The van der Waals surface area contributed by atoms with E-state index in [-0.39, 0.29) is 11.3 Å². The monoisotopic (exact) mass is 252 g/mol. The summed E-state index contributed by atoms with van der Waals surface area (Å²) in [6, 6.07) is 0.344. The second-order valence-corrected chi connectivity index (χ2v) is 4.77. The van der Waals surface area contributed by atoms with Crippen molar-refractivity contribution in [2.45, 2.75) is 25.8 Å². The van der Waals surface area contributed by atoms with E-state index in [9.17, 15) is 4.79 Å². The van der Waals surface area contributed by atoms with Crippen LogP contribution in [0.2, 0.25) is 0 Å². The predicted octanol–water partition coefficient (Wildman–Crippen LogP) is 0.342. The van der Waals surface area contributed by atoms with Crippen LogP contribution in [0.5, 0.6) is 5.75 Å². The molecule has 1 aliphatic heterocycles. The van der Waals surface area contributed by atoms with E-state index < -0.39 is 0 Å². The number of piperidine rings is 1. The molecule has 1 saturated heterocycles. The molecule has 0 aliphatic carbocycles. The Bertz CT molecular complexity index is 460. The van der Waals surface area contributed by atoms with Crippen molar-refractivity contribution in [3.63, 3.8) is 0 Å². The molecule has 2 unspecified atom stereocenters. The number of hydrogen-bond donors (Lipinski definition) is 2. The first-order chi connectivity index (χ1) is 8.67. The highest BCUT2D eigenvalue weighted by molar-refractivity contribution is 5.51. The maximum absolute atomic E-state index is 11.7. The molecule has 0 radical (unpaired) electrons. The van der Waals surface area contributed by atoms with Crippen LogP contribution in [-0.2, 0) is 0 Å². The third-order valence-corrected chi connectivity index (χ3v) is 3.58. The molecule has 0 spiro atoms. The topological polar surface area (TPSA) is 84.2 Å². The number of methoxy groups -OCH3 is 1. The average Bonchev–Trinajstić information content (AvgIpc) is 2.39. The molecular weight excluding hydrogens is 232 g/mol. The van der Waals surface area contributed by atoms with Crippen LogP contribution >= 0.6 is 0 Å². The highest BCUT2D eigenvalue weighted by Crippen LogP contribution is 2.29. The van der Waals surface area contributed by atoms with Crippen LogP contribution in [0.4, 0.5) is 5.82 Å². The van der Waals surface area contributed by atoms with Crippen molar-refractivity contribution in [3.05, 3.63) is 16.7 Å². The zero-order chi connectivity index (χ0) is 13.1. The van der Waals surface area contributed by atoms with Crippen molar-refractivity contribution in [1.82, 2.24) is 9.97 Å². The molecule has 100 valence electrons. The van der Waals surface area contributed by atoms with Gasteiger partial charge in [-0.25, -0.2) is 4.98 Å². The van der Waals surface area contributed by atoms with Gasteiger partial charge in [0.1, 0.15) is 0 Å². The van der Waals surface area contributed by atoms with Crippen molar-refractivity contribution in [3.8, 4) is 5.75 Å². The van der Waals surface area contributed by atoms with Gasteiger partial charge < -0.3 is 20.4 Å². The minimum Gasteiger partial charge on any atom is -0.489 e. The lowest BCUT2D eigenvalue weighted by Gasteiger charge is -2.38. The zero-order valence-corrected chi connectivity index (χ0v) is 10.8. The molecule has 2 rings (SSSR count). The molecule has 0 amide bonds. The first kappa shape index (κ1) is 12.9. The van der Waals surface area contributed by atoms with Gasteiger partial charge in [0.2, 0.25) is 5.75 Å². The van der Waals surface area contributed by atoms with Gasteiger partial charge in [0, 0.05) is 12.6 Å². The van der Waals surface area contributed by atoms with Crippen LogP contribution in [0, 0.1) is 5.92 Å². The van der Waals surface area contributed by atoms with E-state index >= 15 is 0 Å². The van der Waals surface area contributed by atoms with Gasteiger partial charge in [0.05, 0.1) is 13.4 Å². The fraction of sp³-hybridized carbons (Fsp3) is 0.667. The summed E-state index contributed by atoms with van der Waals surface area (Å²) in [7, 11) is 1.49. The minimum atomic E-state index is -0.246. The highest BCUT2D eigenvalue weighted by Gasteiger charge is 2.28. The molecule has 1 fully saturated rings. The number of nitrogens with two attached hydrogens (primary N) is 1. The van der Waals surface area contributed by atoms with E-state index in [2.05, 4.69) is 21.8 Å². The predicted molar refractivity (Wildman–Crippen MR) is 70.0 cm³/mol. The van der Waals surface area contributed by atoms with Crippen LogP contribution < -0.4 is 20.9 Å². The maximum Gasteiger partial charge on any atom is 0.295 e. The van der Waals surface area contributed by atoms with Crippen molar-refractivity contribution < 1.29 is 4.74 Å². The first-order valence-electron chi connectivity index (χ1n) is 6.25. The van der Waals surface area contributed by atoms with Gasteiger partial charge in [-0.15, -0.1) is 0 Å². The largest absolute Gasteiger partial charge is 0.489 e. The van der Waals surface area contributed by atoms with Gasteiger partial charge in [-0.05, 0) is 32.2 Å². The van der Waals surface area contributed by atoms with Crippen LogP contribution in [-0.4, -0.2) is 36.2 Å². The molecule has 1 aromatic heterocycles. The second-order valence-electron chi connectivity index (χ2n) is 4.77. The Labute approximate surface area is 106 Å². The molecule has 6 nitrogen and oxygen atoms in total. The van der Waals surface area contributed by atoms with E-state index in [0.29, 0.717) is 24.3 Å². The molecule has 1 aliphatic rings. The van der Waals surface area contributed by atoms with Crippen LogP contribution in [0.25, 0.3) is 0 Å². The van der Waals surface area contributed by atoms with Gasteiger partial charge in [-0.2, -0.15) is 0 Å². The molecule has 0 bridgehead atoms. The lowest BCUT2D eigenvalue weighted by atomic mass is 9.93. The summed E-state index contributed by atoms with van der Waals surface area (Å²) in [5.41, 5.74) is 5.50. The third kappa shape index (κ3) is 2.33. The van der Waals surface area contributed by atoms with Gasteiger partial charge in [0.15, 0.2) is 5.82 Å². The van der Waals surface area contributed by atoms with Gasteiger partial charge >= 0.3 is 0 Å². The molecule has 6 heteroatoms. The highest BCUT2D eigenvalue weighted by atomic mass is 16.5. The van der Waals surface area contributed by atoms with Gasteiger partial charge in [-0.1, -0.05) is 0 Å². The SMILES string of the molecule is COc1c(N2CC(CN)CCC2C)nc[nH]c1=O. The quantitative estimate of drug-likeness (QED) is 0.810. The molecule has 1 aromatic rings. The van der Waals surface area contributed by atoms with Crippen LogP contribution in [0.1, 0.15) is 19.8 Å². The van der Waals surface area contributed by atoms with E-state index in [0.717, 1.165) is 19.4 Å². The summed E-state index contributed by atoms with van der Waals surface area (Å²) in [4.78, 5) is 20.6. The Kier molecular flexibility index (Phi) is 3.86. The lowest BCUT2D eigenvalue weighted by molar-refractivity contribution is 0.360. The molecule has 0 saturated carbocycles. The minimum absolute atomic E-state index is 0.246. The number of nitrogens with one attached hydrogen (secondary N) is 1. The van der Waals surface area contributed by atoms with Crippen LogP contribution in [0.3, 0.4) is 0 Å². The summed E-state index contributed by atoms with van der Waals surface area (Å²) in [6.07, 6.45) is 3.60. The van der Waals surface area contributed by atoms with E-state index in [1.165, 1.54) is 13.4 Å². The molecule has 18 heavy (non-hydrogen) atoms. The van der Waals surface area contributed by atoms with E-state index in [1.807, 2.05) is 0 Å². The Morgan fingerprint density at radius 2 is 2.39 bits per heavy atom.